The Bertz CT molecular complexity index is 857. The van der Waals surface area contributed by atoms with Crippen molar-refractivity contribution in [3.05, 3.63) is 58.1 Å². The number of halogens is 2. The number of anilines is 2. The molecule has 0 bridgehead atoms. The van der Waals surface area contributed by atoms with Gasteiger partial charge in [0, 0.05) is 19.5 Å². The number of amides is 2. The molecule has 0 saturated carbocycles. The monoisotopic (exact) mass is 405 g/mol. The van der Waals surface area contributed by atoms with E-state index in [9.17, 15) is 9.59 Å². The van der Waals surface area contributed by atoms with Gasteiger partial charge in [-0.25, -0.2) is 0 Å². The topological polar surface area (TPSA) is 52.7 Å². The lowest BCUT2D eigenvalue weighted by atomic mass is 10.2. The van der Waals surface area contributed by atoms with Crippen molar-refractivity contribution in [2.75, 3.05) is 30.4 Å². The molecule has 142 valence electrons. The van der Waals surface area contributed by atoms with Gasteiger partial charge in [0.2, 0.25) is 11.8 Å². The number of nitrogens with zero attached hydrogens (tertiary/aromatic N) is 2. The van der Waals surface area contributed by atoms with Gasteiger partial charge in [0.25, 0.3) is 0 Å². The Kier molecular flexibility index (Phi) is 6.37. The molecule has 3 rings (SSSR count). The molecule has 1 fully saturated rings. The Balaban J connectivity index is 1.64. The smallest absolute Gasteiger partial charge is 0.238 e. The van der Waals surface area contributed by atoms with Crippen LogP contribution in [0.25, 0.3) is 0 Å². The van der Waals surface area contributed by atoms with Crippen LogP contribution in [0.1, 0.15) is 18.4 Å². The van der Waals surface area contributed by atoms with E-state index in [0.717, 1.165) is 17.7 Å². The number of para-hydroxylation sites is 2. The van der Waals surface area contributed by atoms with Crippen LogP contribution in [0.2, 0.25) is 10.0 Å². The normalized spacial score (nSPS) is 14.1. The zero-order valence-corrected chi connectivity index (χ0v) is 16.6. The van der Waals surface area contributed by atoms with E-state index in [-0.39, 0.29) is 18.4 Å². The molecule has 1 aliphatic rings. The standard InChI is InChI=1S/C20H21Cl2N3O2/c1-24(12-14-6-4-7-15(21)20(14)22)13-18(26)23-16-8-2-3-9-17(16)25-11-5-10-19(25)27/h2-4,6-9H,5,10-13H2,1H3,(H,23,26). The third-order valence-electron chi connectivity index (χ3n) is 4.43. The van der Waals surface area contributed by atoms with Crippen molar-refractivity contribution in [3.8, 4) is 0 Å². The molecule has 1 saturated heterocycles. The van der Waals surface area contributed by atoms with Crippen LogP contribution in [0.15, 0.2) is 42.5 Å². The van der Waals surface area contributed by atoms with Crippen LogP contribution in [0.3, 0.4) is 0 Å². The molecule has 5 nitrogen and oxygen atoms in total. The summed E-state index contributed by atoms with van der Waals surface area (Å²) in [5, 5.41) is 3.92. The molecule has 0 aliphatic carbocycles. The molecule has 2 amide bonds. The zero-order valence-electron chi connectivity index (χ0n) is 15.0. The van der Waals surface area contributed by atoms with Crippen LogP contribution in [0, 0.1) is 0 Å². The van der Waals surface area contributed by atoms with Crippen LogP contribution < -0.4 is 10.2 Å². The largest absolute Gasteiger partial charge is 0.323 e. The summed E-state index contributed by atoms with van der Waals surface area (Å²) < 4.78 is 0. The Morgan fingerprint density at radius 2 is 1.96 bits per heavy atom. The minimum Gasteiger partial charge on any atom is -0.323 e. The van der Waals surface area contributed by atoms with E-state index in [1.807, 2.05) is 48.3 Å². The van der Waals surface area contributed by atoms with Crippen molar-refractivity contribution >= 4 is 46.4 Å². The minimum atomic E-state index is -0.158. The first kappa shape index (κ1) is 19.7. The number of nitrogens with one attached hydrogen (secondary N) is 1. The van der Waals surface area contributed by atoms with Crippen LogP contribution in [0.4, 0.5) is 11.4 Å². The molecule has 2 aromatic rings. The first-order chi connectivity index (χ1) is 13.0. The lowest BCUT2D eigenvalue weighted by molar-refractivity contribution is -0.118. The van der Waals surface area contributed by atoms with Crippen molar-refractivity contribution in [2.45, 2.75) is 19.4 Å². The second kappa shape index (κ2) is 8.74. The van der Waals surface area contributed by atoms with Crippen molar-refractivity contribution < 1.29 is 9.59 Å². The number of benzene rings is 2. The zero-order chi connectivity index (χ0) is 19.4. The quantitative estimate of drug-likeness (QED) is 0.783. The van der Waals surface area contributed by atoms with Gasteiger partial charge in [-0.15, -0.1) is 0 Å². The summed E-state index contributed by atoms with van der Waals surface area (Å²) >= 11 is 12.3. The molecule has 1 aliphatic heterocycles. The Morgan fingerprint density at radius 3 is 2.70 bits per heavy atom. The van der Waals surface area contributed by atoms with E-state index in [2.05, 4.69) is 5.32 Å². The molecule has 0 radical (unpaired) electrons. The summed E-state index contributed by atoms with van der Waals surface area (Å²) in [6.07, 6.45) is 1.38. The molecule has 0 unspecified atom stereocenters. The molecular formula is C20H21Cl2N3O2. The molecular weight excluding hydrogens is 385 g/mol. The van der Waals surface area contributed by atoms with Crippen LogP contribution >= 0.6 is 23.2 Å². The van der Waals surface area contributed by atoms with Crippen molar-refractivity contribution in [1.82, 2.24) is 4.90 Å². The molecule has 0 atom stereocenters. The summed E-state index contributed by atoms with van der Waals surface area (Å²) in [6, 6.07) is 12.8. The second-order valence-electron chi connectivity index (χ2n) is 6.60. The van der Waals surface area contributed by atoms with Crippen LogP contribution in [-0.4, -0.2) is 36.9 Å². The van der Waals surface area contributed by atoms with Gasteiger partial charge in [-0.2, -0.15) is 0 Å². The average molecular weight is 406 g/mol. The first-order valence-electron chi connectivity index (χ1n) is 8.76. The molecule has 27 heavy (non-hydrogen) atoms. The predicted molar refractivity (Wildman–Crippen MR) is 109 cm³/mol. The molecule has 7 heteroatoms. The van der Waals surface area contributed by atoms with Gasteiger partial charge < -0.3 is 10.2 Å². The number of carbonyl (C=O) groups is 2. The number of hydrogen-bond acceptors (Lipinski definition) is 3. The lowest BCUT2D eigenvalue weighted by Gasteiger charge is -2.21. The fraction of sp³-hybridized carbons (Fsp3) is 0.300. The van der Waals surface area contributed by atoms with E-state index < -0.39 is 0 Å². The van der Waals surface area contributed by atoms with E-state index in [4.69, 9.17) is 23.2 Å². The van der Waals surface area contributed by atoms with E-state index in [1.165, 1.54) is 0 Å². The van der Waals surface area contributed by atoms with Crippen molar-refractivity contribution in [2.24, 2.45) is 0 Å². The summed E-state index contributed by atoms with van der Waals surface area (Å²) in [7, 11) is 1.84. The fourth-order valence-electron chi connectivity index (χ4n) is 3.17. The summed E-state index contributed by atoms with van der Waals surface area (Å²) in [5.41, 5.74) is 2.25. The number of carbonyl (C=O) groups excluding carboxylic acids is 2. The van der Waals surface area contributed by atoms with E-state index in [0.29, 0.717) is 35.2 Å². The lowest BCUT2D eigenvalue weighted by Crippen LogP contribution is -2.31. The highest BCUT2D eigenvalue weighted by molar-refractivity contribution is 6.42. The maximum absolute atomic E-state index is 12.5. The van der Waals surface area contributed by atoms with Gasteiger partial charge in [0.1, 0.15) is 0 Å². The Labute approximate surface area is 168 Å². The number of hydrogen-bond donors (Lipinski definition) is 1. The SMILES string of the molecule is CN(CC(=O)Nc1ccccc1N1CCCC1=O)Cc1cccc(Cl)c1Cl. The van der Waals surface area contributed by atoms with Crippen LogP contribution in [-0.2, 0) is 16.1 Å². The number of rotatable bonds is 6. The Hall–Kier alpha value is -2.08. The first-order valence-corrected chi connectivity index (χ1v) is 9.52. The van der Waals surface area contributed by atoms with Crippen molar-refractivity contribution in [3.63, 3.8) is 0 Å². The van der Waals surface area contributed by atoms with Gasteiger partial charge in [-0.05, 0) is 37.2 Å². The van der Waals surface area contributed by atoms with Crippen LogP contribution in [0.5, 0.6) is 0 Å². The maximum Gasteiger partial charge on any atom is 0.238 e. The number of likely N-dealkylation sites (N-methyl/N-ethyl adjacent to an activating group) is 1. The fourth-order valence-corrected chi connectivity index (χ4v) is 3.55. The summed E-state index contributed by atoms with van der Waals surface area (Å²) in [5.74, 6) is -0.0702. The van der Waals surface area contributed by atoms with E-state index in [1.54, 1.807) is 11.0 Å². The second-order valence-corrected chi connectivity index (χ2v) is 7.38. The highest BCUT2D eigenvalue weighted by atomic mass is 35.5. The molecule has 1 N–H and O–H groups in total. The van der Waals surface area contributed by atoms with Gasteiger partial charge in [0.15, 0.2) is 0 Å². The minimum absolute atomic E-state index is 0.0874. The highest BCUT2D eigenvalue weighted by Gasteiger charge is 2.24. The third-order valence-corrected chi connectivity index (χ3v) is 5.29. The maximum atomic E-state index is 12.5. The van der Waals surface area contributed by atoms with E-state index >= 15 is 0 Å². The van der Waals surface area contributed by atoms with Gasteiger partial charge in [0.05, 0.1) is 28.0 Å². The molecule has 2 aromatic carbocycles. The molecule has 0 spiro atoms. The molecule has 0 aromatic heterocycles. The van der Waals surface area contributed by atoms with Gasteiger partial charge in [-0.1, -0.05) is 47.5 Å². The highest BCUT2D eigenvalue weighted by Crippen LogP contribution is 2.29. The summed E-state index contributed by atoms with van der Waals surface area (Å²) in [4.78, 5) is 28.1. The third kappa shape index (κ3) is 4.80. The Morgan fingerprint density at radius 1 is 1.19 bits per heavy atom. The van der Waals surface area contributed by atoms with Gasteiger partial charge in [-0.3, -0.25) is 14.5 Å². The predicted octanol–water partition coefficient (Wildman–Crippen LogP) is 4.19. The summed E-state index contributed by atoms with van der Waals surface area (Å²) in [6.45, 7) is 1.36. The average Bonchev–Trinajstić information content (AvgIpc) is 3.05. The van der Waals surface area contributed by atoms with Gasteiger partial charge >= 0.3 is 0 Å². The molecule has 1 heterocycles. The van der Waals surface area contributed by atoms with Crippen molar-refractivity contribution in [1.29, 1.82) is 0 Å².